The molecule has 1 unspecified atom stereocenters. The number of hydrogen-bond donors (Lipinski definition) is 1. The largest absolute Gasteiger partial charge is 0.497 e. The fourth-order valence-corrected chi connectivity index (χ4v) is 6.80. The van der Waals surface area contributed by atoms with E-state index in [4.69, 9.17) is 4.74 Å². The first-order valence-corrected chi connectivity index (χ1v) is 14.2. The summed E-state index contributed by atoms with van der Waals surface area (Å²) in [6, 6.07) is 8.59. The topological polar surface area (TPSA) is 92.2 Å². The van der Waals surface area contributed by atoms with E-state index in [9.17, 15) is 4.79 Å². The third-order valence-corrected chi connectivity index (χ3v) is 8.86. The van der Waals surface area contributed by atoms with E-state index >= 15 is 0 Å². The van der Waals surface area contributed by atoms with Gasteiger partial charge in [-0.05, 0) is 59.7 Å². The lowest BCUT2D eigenvalue weighted by molar-refractivity contribution is 0.0610. The highest BCUT2D eigenvalue weighted by molar-refractivity contribution is 5.80. The van der Waals surface area contributed by atoms with Gasteiger partial charge in [-0.25, -0.2) is 4.68 Å². The maximum Gasteiger partial charge on any atom is 0.253 e. The Morgan fingerprint density at radius 3 is 2.32 bits per heavy atom. The Labute approximate surface area is 218 Å². The number of rotatable bonds is 6. The van der Waals surface area contributed by atoms with Crippen molar-refractivity contribution in [1.82, 2.24) is 35.0 Å². The zero-order valence-electron chi connectivity index (χ0n) is 21.9. The normalized spacial score (nSPS) is 21.9. The minimum absolute atomic E-state index is 0.0846. The fourth-order valence-electron chi connectivity index (χ4n) is 6.80. The molecule has 6 rings (SSSR count). The molecular formula is C28H39N7O2. The molecule has 3 aromatic rings. The van der Waals surface area contributed by atoms with Gasteiger partial charge in [-0.2, -0.15) is 0 Å². The number of nitrogens with one attached hydrogen (secondary N) is 1. The smallest absolute Gasteiger partial charge is 0.253 e. The number of aromatic nitrogens is 5. The predicted molar refractivity (Wildman–Crippen MR) is 143 cm³/mol. The van der Waals surface area contributed by atoms with Crippen molar-refractivity contribution in [2.24, 2.45) is 0 Å². The first kappa shape index (κ1) is 24.6. The van der Waals surface area contributed by atoms with E-state index in [1.807, 2.05) is 28.9 Å². The van der Waals surface area contributed by atoms with Gasteiger partial charge in [0.25, 0.3) is 5.56 Å². The highest BCUT2D eigenvalue weighted by Gasteiger charge is 2.35. The number of hydrogen-bond acceptors (Lipinski definition) is 7. The minimum Gasteiger partial charge on any atom is -0.497 e. The van der Waals surface area contributed by atoms with Crippen LogP contribution in [0.25, 0.3) is 10.9 Å². The van der Waals surface area contributed by atoms with Gasteiger partial charge in [0.05, 0.1) is 18.7 Å². The van der Waals surface area contributed by atoms with Crippen molar-refractivity contribution in [3.05, 3.63) is 46.0 Å². The lowest BCUT2D eigenvalue weighted by Gasteiger charge is -2.43. The van der Waals surface area contributed by atoms with Crippen LogP contribution in [0.5, 0.6) is 5.75 Å². The number of fused-ring (bicyclic) bond motifs is 1. The predicted octanol–water partition coefficient (Wildman–Crippen LogP) is 4.07. The molecule has 1 saturated heterocycles. The number of H-pyrrole nitrogens is 1. The summed E-state index contributed by atoms with van der Waals surface area (Å²) in [6.45, 7) is 3.85. The summed E-state index contributed by atoms with van der Waals surface area (Å²) in [6.07, 6.45) is 12.6. The molecule has 0 spiro atoms. The average Bonchev–Trinajstić information content (AvgIpc) is 3.44. The van der Waals surface area contributed by atoms with Crippen LogP contribution in [0.1, 0.15) is 87.7 Å². The summed E-state index contributed by atoms with van der Waals surface area (Å²) < 4.78 is 7.41. The first-order chi connectivity index (χ1) is 18.2. The molecule has 0 amide bonds. The molecule has 3 aliphatic rings. The molecule has 1 aliphatic heterocycles. The summed E-state index contributed by atoms with van der Waals surface area (Å²) in [5.74, 6) is 1.53. The van der Waals surface area contributed by atoms with Crippen molar-refractivity contribution in [3.63, 3.8) is 0 Å². The molecule has 2 saturated carbocycles. The van der Waals surface area contributed by atoms with Crippen LogP contribution in [0.3, 0.4) is 0 Å². The summed E-state index contributed by atoms with van der Waals surface area (Å²) >= 11 is 0. The monoisotopic (exact) mass is 505 g/mol. The third-order valence-electron chi connectivity index (χ3n) is 8.86. The Morgan fingerprint density at radius 2 is 1.62 bits per heavy atom. The maximum absolute atomic E-state index is 13.6. The van der Waals surface area contributed by atoms with E-state index in [2.05, 4.69) is 30.3 Å². The first-order valence-electron chi connectivity index (χ1n) is 14.2. The standard InChI is InChI=1S/C28H39N7O2/c1-37-23-13-12-20-18-24(28(36)29-25(20)19-23)26(27-30-31-32-35(27)22-10-6-3-7-11-22)34-16-14-33(15-17-34)21-8-4-2-5-9-21/h12-13,18-19,21-22,26H,2-11,14-17H2,1H3,(H,29,36). The lowest BCUT2D eigenvalue weighted by atomic mass is 9.93. The number of benzene rings is 1. The molecule has 198 valence electrons. The Balaban J connectivity index is 1.36. The van der Waals surface area contributed by atoms with Gasteiger partial charge in [-0.15, -0.1) is 5.10 Å². The number of ether oxygens (including phenoxy) is 1. The van der Waals surface area contributed by atoms with Crippen LogP contribution in [0.4, 0.5) is 0 Å². The minimum atomic E-state index is -0.277. The molecule has 2 aromatic heterocycles. The van der Waals surface area contributed by atoms with Crippen molar-refractivity contribution >= 4 is 10.9 Å². The average molecular weight is 506 g/mol. The number of pyridine rings is 1. The van der Waals surface area contributed by atoms with Gasteiger partial charge in [0.2, 0.25) is 0 Å². The number of piperazine rings is 1. The quantitative estimate of drug-likeness (QED) is 0.540. The summed E-state index contributed by atoms with van der Waals surface area (Å²) in [7, 11) is 1.64. The fraction of sp³-hybridized carbons (Fsp3) is 0.643. The molecule has 1 atom stereocenters. The number of nitrogens with zero attached hydrogens (tertiary/aromatic N) is 6. The summed E-state index contributed by atoms with van der Waals surface area (Å²) in [5.41, 5.74) is 1.41. The lowest BCUT2D eigenvalue weighted by Crippen LogP contribution is -2.52. The van der Waals surface area contributed by atoms with E-state index in [1.54, 1.807) is 7.11 Å². The van der Waals surface area contributed by atoms with E-state index in [1.165, 1.54) is 51.4 Å². The molecular weight excluding hydrogens is 466 g/mol. The van der Waals surface area contributed by atoms with Crippen LogP contribution >= 0.6 is 0 Å². The summed E-state index contributed by atoms with van der Waals surface area (Å²) in [4.78, 5) is 21.8. The second-order valence-corrected chi connectivity index (χ2v) is 11.0. The number of aromatic amines is 1. The molecule has 3 heterocycles. The SMILES string of the molecule is COc1ccc2cc(C(c3nnnn3C3CCCCC3)N3CCN(C4CCCCC4)CC3)c(=O)[nH]c2c1. The van der Waals surface area contributed by atoms with Crippen LogP contribution in [0.15, 0.2) is 29.1 Å². The van der Waals surface area contributed by atoms with Gasteiger partial charge >= 0.3 is 0 Å². The van der Waals surface area contributed by atoms with Gasteiger partial charge in [0.15, 0.2) is 5.82 Å². The van der Waals surface area contributed by atoms with Crippen molar-refractivity contribution in [2.75, 3.05) is 33.3 Å². The molecule has 2 aliphatic carbocycles. The van der Waals surface area contributed by atoms with E-state index in [-0.39, 0.29) is 11.6 Å². The highest BCUT2D eigenvalue weighted by Crippen LogP contribution is 2.34. The number of methoxy groups -OCH3 is 1. The van der Waals surface area contributed by atoms with Gasteiger partial charge in [0, 0.05) is 43.9 Å². The van der Waals surface area contributed by atoms with Crippen molar-refractivity contribution in [3.8, 4) is 5.75 Å². The Bertz CT molecular complexity index is 1250. The zero-order valence-corrected chi connectivity index (χ0v) is 21.9. The van der Waals surface area contributed by atoms with Crippen LogP contribution < -0.4 is 10.3 Å². The van der Waals surface area contributed by atoms with Crippen molar-refractivity contribution < 1.29 is 4.74 Å². The molecule has 0 bridgehead atoms. The maximum atomic E-state index is 13.6. The highest BCUT2D eigenvalue weighted by atomic mass is 16.5. The molecule has 9 nitrogen and oxygen atoms in total. The Morgan fingerprint density at radius 1 is 0.919 bits per heavy atom. The van der Waals surface area contributed by atoms with E-state index < -0.39 is 0 Å². The third kappa shape index (κ3) is 5.03. The molecule has 9 heteroatoms. The Kier molecular flexibility index (Phi) is 7.24. The van der Waals surface area contributed by atoms with Crippen LogP contribution in [-0.2, 0) is 0 Å². The Hall–Kier alpha value is -2.78. The molecule has 0 radical (unpaired) electrons. The van der Waals surface area contributed by atoms with Crippen molar-refractivity contribution in [2.45, 2.75) is 82.3 Å². The molecule has 1 N–H and O–H groups in total. The van der Waals surface area contributed by atoms with E-state index in [0.29, 0.717) is 12.1 Å². The number of tetrazole rings is 1. The molecule has 37 heavy (non-hydrogen) atoms. The second kappa shape index (κ2) is 10.9. The van der Waals surface area contributed by atoms with Gasteiger partial charge in [-0.1, -0.05) is 38.5 Å². The van der Waals surface area contributed by atoms with Crippen LogP contribution in [0.2, 0.25) is 0 Å². The summed E-state index contributed by atoms with van der Waals surface area (Å²) in [5, 5.41) is 14.2. The van der Waals surface area contributed by atoms with Crippen LogP contribution in [0, 0.1) is 0 Å². The van der Waals surface area contributed by atoms with Crippen LogP contribution in [-0.4, -0.2) is 74.3 Å². The van der Waals surface area contributed by atoms with E-state index in [0.717, 1.165) is 67.1 Å². The molecule has 1 aromatic carbocycles. The second-order valence-electron chi connectivity index (χ2n) is 11.0. The van der Waals surface area contributed by atoms with Crippen molar-refractivity contribution in [1.29, 1.82) is 0 Å². The van der Waals surface area contributed by atoms with Gasteiger partial charge in [0.1, 0.15) is 11.8 Å². The van der Waals surface area contributed by atoms with Gasteiger partial charge < -0.3 is 9.72 Å². The molecule has 3 fully saturated rings. The van der Waals surface area contributed by atoms with Gasteiger partial charge in [-0.3, -0.25) is 14.6 Å². The zero-order chi connectivity index (χ0) is 25.2.